The lowest BCUT2D eigenvalue weighted by Gasteiger charge is -2.03. The zero-order valence-corrected chi connectivity index (χ0v) is 9.02. The quantitative estimate of drug-likeness (QED) is 0.821. The molecular weight excluding hydrogens is 196 g/mol. The molecule has 2 rings (SSSR count). The van der Waals surface area contributed by atoms with Gasteiger partial charge in [0, 0.05) is 4.88 Å². The Morgan fingerprint density at radius 2 is 2.21 bits per heavy atom. The molecule has 3 heteroatoms. The average molecular weight is 208 g/mol. The van der Waals surface area contributed by atoms with Gasteiger partial charge < -0.3 is 9.84 Å². The summed E-state index contributed by atoms with van der Waals surface area (Å²) in [6.07, 6.45) is 1.02. The standard InChI is InChI=1S/C11H12O2S/c1-3-8-6-7-4-5-9(12)10(13-2)11(7)14-8/h4-6,12H,3H2,1-2H3. The number of ether oxygens (including phenoxy) is 1. The number of hydrogen-bond donors (Lipinski definition) is 1. The Hall–Kier alpha value is -1.22. The van der Waals surface area contributed by atoms with Gasteiger partial charge in [0.25, 0.3) is 0 Å². The number of benzene rings is 1. The molecule has 0 saturated carbocycles. The molecule has 1 heterocycles. The number of fused-ring (bicyclic) bond motifs is 1. The zero-order valence-electron chi connectivity index (χ0n) is 8.20. The molecule has 0 unspecified atom stereocenters. The van der Waals surface area contributed by atoms with E-state index in [4.69, 9.17) is 4.74 Å². The van der Waals surface area contributed by atoms with Crippen molar-refractivity contribution in [3.8, 4) is 11.5 Å². The molecule has 0 fully saturated rings. The number of phenolic OH excluding ortho intramolecular Hbond substituents is 1. The van der Waals surface area contributed by atoms with E-state index in [2.05, 4.69) is 13.0 Å². The minimum absolute atomic E-state index is 0.213. The third-order valence-corrected chi connectivity index (χ3v) is 3.52. The molecule has 1 aromatic heterocycles. The molecular formula is C11H12O2S. The Labute approximate surface area is 86.8 Å². The van der Waals surface area contributed by atoms with E-state index in [9.17, 15) is 5.11 Å². The first-order valence-electron chi connectivity index (χ1n) is 4.54. The molecule has 0 radical (unpaired) electrons. The third kappa shape index (κ3) is 1.34. The molecule has 0 atom stereocenters. The summed E-state index contributed by atoms with van der Waals surface area (Å²) in [5.41, 5.74) is 0. The predicted octanol–water partition coefficient (Wildman–Crippen LogP) is 3.18. The van der Waals surface area contributed by atoms with E-state index in [-0.39, 0.29) is 5.75 Å². The smallest absolute Gasteiger partial charge is 0.178 e. The van der Waals surface area contributed by atoms with Crippen LogP contribution in [-0.2, 0) is 6.42 Å². The van der Waals surface area contributed by atoms with Crippen LogP contribution in [0.5, 0.6) is 11.5 Å². The van der Waals surface area contributed by atoms with E-state index >= 15 is 0 Å². The summed E-state index contributed by atoms with van der Waals surface area (Å²) < 4.78 is 6.21. The molecule has 74 valence electrons. The predicted molar refractivity (Wildman–Crippen MR) is 59.4 cm³/mol. The van der Waals surface area contributed by atoms with Gasteiger partial charge in [0.05, 0.1) is 11.8 Å². The Morgan fingerprint density at radius 3 is 2.86 bits per heavy atom. The van der Waals surface area contributed by atoms with E-state index in [1.54, 1.807) is 24.5 Å². The van der Waals surface area contributed by atoms with Crippen molar-refractivity contribution in [2.45, 2.75) is 13.3 Å². The lowest BCUT2D eigenvalue weighted by atomic mass is 10.2. The summed E-state index contributed by atoms with van der Waals surface area (Å²) >= 11 is 1.68. The maximum Gasteiger partial charge on any atom is 0.178 e. The van der Waals surface area contributed by atoms with Gasteiger partial charge in [-0.25, -0.2) is 0 Å². The highest BCUT2D eigenvalue weighted by Gasteiger charge is 2.09. The summed E-state index contributed by atoms with van der Waals surface area (Å²) in [6.45, 7) is 2.12. The molecule has 2 aromatic rings. The fraction of sp³-hybridized carbons (Fsp3) is 0.273. The van der Waals surface area contributed by atoms with Gasteiger partial charge in [0.15, 0.2) is 11.5 Å². The van der Waals surface area contributed by atoms with Gasteiger partial charge in [0.2, 0.25) is 0 Å². The second kappa shape index (κ2) is 3.50. The van der Waals surface area contributed by atoms with Crippen LogP contribution in [0.2, 0.25) is 0 Å². The first-order chi connectivity index (χ1) is 6.76. The van der Waals surface area contributed by atoms with Crippen molar-refractivity contribution in [3.63, 3.8) is 0 Å². The largest absolute Gasteiger partial charge is 0.504 e. The highest BCUT2D eigenvalue weighted by Crippen LogP contribution is 2.39. The molecule has 2 nitrogen and oxygen atoms in total. The number of thiophene rings is 1. The maximum absolute atomic E-state index is 9.57. The van der Waals surface area contributed by atoms with Crippen molar-refractivity contribution < 1.29 is 9.84 Å². The molecule has 14 heavy (non-hydrogen) atoms. The Morgan fingerprint density at radius 1 is 1.43 bits per heavy atom. The minimum Gasteiger partial charge on any atom is -0.504 e. The first-order valence-corrected chi connectivity index (χ1v) is 5.36. The zero-order chi connectivity index (χ0) is 10.1. The summed E-state index contributed by atoms with van der Waals surface area (Å²) in [6, 6.07) is 5.73. The van der Waals surface area contributed by atoms with Crippen LogP contribution in [0.1, 0.15) is 11.8 Å². The van der Waals surface area contributed by atoms with Crippen molar-refractivity contribution in [1.82, 2.24) is 0 Å². The molecule has 0 spiro atoms. The van der Waals surface area contributed by atoms with Gasteiger partial charge in [-0.15, -0.1) is 11.3 Å². The van der Waals surface area contributed by atoms with Crippen molar-refractivity contribution in [1.29, 1.82) is 0 Å². The Bertz CT molecular complexity index is 460. The lowest BCUT2D eigenvalue weighted by Crippen LogP contribution is -1.82. The molecule has 1 aromatic carbocycles. The second-order valence-electron chi connectivity index (χ2n) is 3.10. The molecule has 0 aliphatic rings. The molecule has 0 aliphatic heterocycles. The van der Waals surface area contributed by atoms with Gasteiger partial charge in [-0.3, -0.25) is 0 Å². The maximum atomic E-state index is 9.57. The number of aromatic hydroxyl groups is 1. The minimum atomic E-state index is 0.213. The van der Waals surface area contributed by atoms with Crippen molar-refractivity contribution >= 4 is 21.4 Å². The lowest BCUT2D eigenvalue weighted by molar-refractivity contribution is 0.378. The molecule has 0 saturated heterocycles. The highest BCUT2D eigenvalue weighted by molar-refractivity contribution is 7.19. The number of hydrogen-bond acceptors (Lipinski definition) is 3. The molecule has 0 bridgehead atoms. The molecule has 1 N–H and O–H groups in total. The van der Waals surface area contributed by atoms with Gasteiger partial charge in [-0.2, -0.15) is 0 Å². The van der Waals surface area contributed by atoms with E-state index < -0.39 is 0 Å². The van der Waals surface area contributed by atoms with E-state index in [0.717, 1.165) is 16.5 Å². The van der Waals surface area contributed by atoms with Gasteiger partial charge in [0.1, 0.15) is 0 Å². The number of rotatable bonds is 2. The van der Waals surface area contributed by atoms with Crippen LogP contribution in [0.3, 0.4) is 0 Å². The van der Waals surface area contributed by atoms with Crippen LogP contribution in [0.4, 0.5) is 0 Å². The Balaban J connectivity index is 2.73. The van der Waals surface area contributed by atoms with Crippen LogP contribution in [-0.4, -0.2) is 12.2 Å². The summed E-state index contributed by atoms with van der Waals surface area (Å²) in [7, 11) is 1.58. The summed E-state index contributed by atoms with van der Waals surface area (Å²) in [5.74, 6) is 0.803. The molecule has 0 aliphatic carbocycles. The fourth-order valence-electron chi connectivity index (χ4n) is 1.49. The highest BCUT2D eigenvalue weighted by atomic mass is 32.1. The van der Waals surface area contributed by atoms with Crippen LogP contribution in [0, 0.1) is 0 Å². The third-order valence-electron chi connectivity index (χ3n) is 2.22. The summed E-state index contributed by atoms with van der Waals surface area (Å²) in [4.78, 5) is 1.31. The average Bonchev–Trinajstić information content (AvgIpc) is 2.60. The monoisotopic (exact) mass is 208 g/mol. The van der Waals surface area contributed by atoms with Crippen LogP contribution in [0.25, 0.3) is 10.1 Å². The number of methoxy groups -OCH3 is 1. The van der Waals surface area contributed by atoms with Gasteiger partial charge in [-0.05, 0) is 30.0 Å². The van der Waals surface area contributed by atoms with E-state index in [1.165, 1.54) is 4.88 Å². The van der Waals surface area contributed by atoms with E-state index in [1.807, 2.05) is 6.07 Å². The van der Waals surface area contributed by atoms with Crippen LogP contribution < -0.4 is 4.74 Å². The van der Waals surface area contributed by atoms with Gasteiger partial charge >= 0.3 is 0 Å². The first kappa shape index (κ1) is 9.34. The number of phenols is 1. The normalized spacial score (nSPS) is 10.7. The molecule has 0 amide bonds. The van der Waals surface area contributed by atoms with Crippen LogP contribution >= 0.6 is 11.3 Å². The van der Waals surface area contributed by atoms with Crippen LogP contribution in [0.15, 0.2) is 18.2 Å². The van der Waals surface area contributed by atoms with E-state index in [0.29, 0.717) is 5.75 Å². The summed E-state index contributed by atoms with van der Waals surface area (Å²) in [5, 5.41) is 10.7. The van der Waals surface area contributed by atoms with Crippen molar-refractivity contribution in [2.24, 2.45) is 0 Å². The number of aryl methyl sites for hydroxylation is 1. The topological polar surface area (TPSA) is 29.5 Å². The van der Waals surface area contributed by atoms with Crippen molar-refractivity contribution in [3.05, 3.63) is 23.1 Å². The Kier molecular flexibility index (Phi) is 2.33. The second-order valence-corrected chi connectivity index (χ2v) is 4.24. The van der Waals surface area contributed by atoms with Gasteiger partial charge in [-0.1, -0.05) is 6.92 Å². The van der Waals surface area contributed by atoms with Crippen molar-refractivity contribution in [2.75, 3.05) is 7.11 Å². The SMILES string of the molecule is CCc1cc2ccc(O)c(OC)c2s1. The fourth-order valence-corrected chi connectivity index (χ4v) is 2.61.